The van der Waals surface area contributed by atoms with E-state index in [1.165, 1.54) is 0 Å². The topological polar surface area (TPSA) is 81.7 Å². The number of rotatable bonds is 8. The van der Waals surface area contributed by atoms with Gasteiger partial charge < -0.3 is 20.6 Å². The number of carbonyl (C=O) groups excluding carboxylic acids is 1. The minimum atomic E-state index is -0.996. The van der Waals surface area contributed by atoms with Crippen molar-refractivity contribution in [2.24, 2.45) is 5.92 Å². The summed E-state index contributed by atoms with van der Waals surface area (Å²) < 4.78 is 0. The number of carboxylic acids is 1. The Morgan fingerprint density at radius 1 is 1.16 bits per heavy atom. The average Bonchev–Trinajstić information content (AvgIpc) is 2.24. The maximum absolute atomic E-state index is 11.7. The fourth-order valence-corrected chi connectivity index (χ4v) is 1.64. The molecular formula is C13H27N3O3. The van der Waals surface area contributed by atoms with Crippen molar-refractivity contribution in [1.29, 1.82) is 0 Å². The van der Waals surface area contributed by atoms with Crippen molar-refractivity contribution in [3.05, 3.63) is 0 Å². The molecule has 3 N–H and O–H groups in total. The van der Waals surface area contributed by atoms with Crippen LogP contribution in [0.15, 0.2) is 0 Å². The predicted octanol–water partition coefficient (Wildman–Crippen LogP) is 1.13. The van der Waals surface area contributed by atoms with Crippen LogP contribution < -0.4 is 10.6 Å². The van der Waals surface area contributed by atoms with Crippen LogP contribution in [-0.4, -0.2) is 54.7 Å². The highest BCUT2D eigenvalue weighted by Crippen LogP contribution is 2.05. The molecule has 0 saturated heterocycles. The fraction of sp³-hybridized carbons (Fsp3) is 0.846. The van der Waals surface area contributed by atoms with Crippen molar-refractivity contribution in [2.75, 3.05) is 20.6 Å². The molecule has 6 nitrogen and oxygen atoms in total. The van der Waals surface area contributed by atoms with Crippen LogP contribution in [0.3, 0.4) is 0 Å². The number of carbonyl (C=O) groups is 2. The first-order valence-electron chi connectivity index (χ1n) is 6.67. The third-order valence-corrected chi connectivity index (χ3v) is 2.70. The van der Waals surface area contributed by atoms with Crippen LogP contribution >= 0.6 is 0 Å². The van der Waals surface area contributed by atoms with Gasteiger partial charge in [0.25, 0.3) is 0 Å². The summed E-state index contributed by atoms with van der Waals surface area (Å²) in [5.74, 6) is -0.780. The first-order valence-corrected chi connectivity index (χ1v) is 6.67. The molecule has 0 heterocycles. The Kier molecular flexibility index (Phi) is 8.14. The molecule has 0 saturated carbocycles. The van der Waals surface area contributed by atoms with E-state index in [2.05, 4.69) is 10.6 Å². The third-order valence-electron chi connectivity index (χ3n) is 2.70. The van der Waals surface area contributed by atoms with Gasteiger partial charge in [-0.2, -0.15) is 0 Å². The molecule has 0 spiro atoms. The summed E-state index contributed by atoms with van der Waals surface area (Å²) >= 11 is 0. The number of hydrogen-bond donors (Lipinski definition) is 3. The Labute approximate surface area is 115 Å². The normalized spacial score (nSPS) is 14.3. The molecule has 0 aromatic heterocycles. The van der Waals surface area contributed by atoms with E-state index in [1.807, 2.05) is 39.8 Å². The molecule has 19 heavy (non-hydrogen) atoms. The zero-order valence-electron chi connectivity index (χ0n) is 12.6. The van der Waals surface area contributed by atoms with Gasteiger partial charge in [0.05, 0.1) is 0 Å². The first-order chi connectivity index (χ1) is 8.72. The Bertz CT molecular complexity index is 293. The van der Waals surface area contributed by atoms with Crippen LogP contribution in [0.1, 0.15) is 33.6 Å². The summed E-state index contributed by atoms with van der Waals surface area (Å²) in [5.41, 5.74) is 0. The molecular weight excluding hydrogens is 246 g/mol. The quantitative estimate of drug-likeness (QED) is 0.619. The maximum atomic E-state index is 11.7. The number of hydrogen-bond acceptors (Lipinski definition) is 3. The van der Waals surface area contributed by atoms with Gasteiger partial charge in [-0.25, -0.2) is 9.59 Å². The largest absolute Gasteiger partial charge is 0.480 e. The lowest BCUT2D eigenvalue weighted by Crippen LogP contribution is -2.49. The molecule has 0 aromatic carbocycles. The van der Waals surface area contributed by atoms with Crippen molar-refractivity contribution in [3.8, 4) is 0 Å². The molecule has 6 heteroatoms. The van der Waals surface area contributed by atoms with E-state index in [1.54, 1.807) is 0 Å². The van der Waals surface area contributed by atoms with Crippen molar-refractivity contribution in [3.63, 3.8) is 0 Å². The molecule has 112 valence electrons. The zero-order chi connectivity index (χ0) is 15.0. The number of nitrogens with zero attached hydrogens (tertiary/aromatic N) is 1. The van der Waals surface area contributed by atoms with Crippen molar-refractivity contribution >= 4 is 12.0 Å². The summed E-state index contributed by atoms with van der Waals surface area (Å²) in [6.07, 6.45) is 1.25. The molecule has 2 amide bonds. The molecule has 0 rings (SSSR count). The van der Waals surface area contributed by atoms with E-state index >= 15 is 0 Å². The number of amides is 2. The molecule has 0 aliphatic carbocycles. The van der Waals surface area contributed by atoms with Crippen molar-refractivity contribution < 1.29 is 14.7 Å². The van der Waals surface area contributed by atoms with Crippen LogP contribution in [0.4, 0.5) is 4.79 Å². The molecule has 0 aliphatic rings. The lowest BCUT2D eigenvalue weighted by Gasteiger charge is -2.20. The number of carboxylic acid groups (broad SMARTS) is 1. The monoisotopic (exact) mass is 273 g/mol. The molecule has 0 bridgehead atoms. The SMILES string of the molecule is CC(C)CC(NC(=O)NC(C)CCN(C)C)C(=O)O. The van der Waals surface area contributed by atoms with Crippen LogP contribution in [0, 0.1) is 5.92 Å². The van der Waals surface area contributed by atoms with Gasteiger partial charge in [-0.3, -0.25) is 0 Å². The van der Waals surface area contributed by atoms with E-state index < -0.39 is 18.0 Å². The standard InChI is InChI=1S/C13H27N3O3/c1-9(2)8-11(12(17)18)15-13(19)14-10(3)6-7-16(4)5/h9-11H,6-8H2,1-5H3,(H,17,18)(H2,14,15,19). The summed E-state index contributed by atoms with van der Waals surface area (Å²) in [4.78, 5) is 24.8. The summed E-state index contributed by atoms with van der Waals surface area (Å²) in [6, 6.07) is -1.24. The highest BCUT2D eigenvalue weighted by Gasteiger charge is 2.21. The van der Waals surface area contributed by atoms with E-state index in [9.17, 15) is 9.59 Å². The smallest absolute Gasteiger partial charge is 0.326 e. The lowest BCUT2D eigenvalue weighted by molar-refractivity contribution is -0.139. The van der Waals surface area contributed by atoms with E-state index in [-0.39, 0.29) is 12.0 Å². The molecule has 0 aliphatic heterocycles. The third kappa shape index (κ3) is 9.30. The summed E-state index contributed by atoms with van der Waals surface area (Å²) in [5, 5.41) is 14.3. The fourth-order valence-electron chi connectivity index (χ4n) is 1.64. The van der Waals surface area contributed by atoms with Gasteiger partial charge in [-0.05, 0) is 46.3 Å². The highest BCUT2D eigenvalue weighted by atomic mass is 16.4. The Morgan fingerprint density at radius 3 is 2.16 bits per heavy atom. The van der Waals surface area contributed by atoms with Crippen molar-refractivity contribution in [2.45, 2.75) is 45.7 Å². The summed E-state index contributed by atoms with van der Waals surface area (Å²) in [7, 11) is 3.94. The van der Waals surface area contributed by atoms with Gasteiger partial charge in [0.1, 0.15) is 6.04 Å². The van der Waals surface area contributed by atoms with Crippen molar-refractivity contribution in [1.82, 2.24) is 15.5 Å². The minimum Gasteiger partial charge on any atom is -0.480 e. The second kappa shape index (κ2) is 8.74. The Balaban J connectivity index is 4.15. The average molecular weight is 273 g/mol. The minimum absolute atomic E-state index is 0.0101. The van der Waals surface area contributed by atoms with Gasteiger partial charge in [0.15, 0.2) is 0 Å². The number of aliphatic carboxylic acids is 1. The van der Waals surface area contributed by atoms with Crippen LogP contribution in [0.5, 0.6) is 0 Å². The molecule has 0 aromatic rings. The van der Waals surface area contributed by atoms with E-state index in [4.69, 9.17) is 5.11 Å². The first kappa shape index (κ1) is 17.7. The van der Waals surface area contributed by atoms with Crippen LogP contribution in [0.25, 0.3) is 0 Å². The Morgan fingerprint density at radius 2 is 1.74 bits per heavy atom. The maximum Gasteiger partial charge on any atom is 0.326 e. The van der Waals surface area contributed by atoms with Gasteiger partial charge in [0, 0.05) is 6.04 Å². The number of urea groups is 1. The lowest BCUT2D eigenvalue weighted by atomic mass is 10.0. The molecule has 0 radical (unpaired) electrons. The Hall–Kier alpha value is -1.30. The van der Waals surface area contributed by atoms with Gasteiger partial charge in [-0.15, -0.1) is 0 Å². The van der Waals surface area contributed by atoms with Crippen LogP contribution in [0.2, 0.25) is 0 Å². The highest BCUT2D eigenvalue weighted by molar-refractivity contribution is 5.82. The van der Waals surface area contributed by atoms with E-state index in [0.717, 1.165) is 13.0 Å². The van der Waals surface area contributed by atoms with Crippen LogP contribution in [-0.2, 0) is 4.79 Å². The number of nitrogens with one attached hydrogen (secondary N) is 2. The predicted molar refractivity (Wildman–Crippen MR) is 75.2 cm³/mol. The summed E-state index contributed by atoms with van der Waals surface area (Å²) in [6.45, 7) is 6.63. The second-order valence-corrected chi connectivity index (χ2v) is 5.63. The molecule has 0 fully saturated rings. The van der Waals surface area contributed by atoms with Gasteiger partial charge in [0.2, 0.25) is 0 Å². The van der Waals surface area contributed by atoms with Gasteiger partial charge in [-0.1, -0.05) is 13.8 Å². The van der Waals surface area contributed by atoms with E-state index in [0.29, 0.717) is 6.42 Å². The molecule has 2 unspecified atom stereocenters. The van der Waals surface area contributed by atoms with Gasteiger partial charge >= 0.3 is 12.0 Å². The second-order valence-electron chi connectivity index (χ2n) is 5.63. The molecule has 2 atom stereocenters. The zero-order valence-corrected chi connectivity index (χ0v) is 12.6.